The average Bonchev–Trinajstić information content (AvgIpc) is 2.69. The van der Waals surface area contributed by atoms with Crippen molar-refractivity contribution >= 4 is 34.4 Å². The van der Waals surface area contributed by atoms with Crippen LogP contribution in [0.15, 0.2) is 78.9 Å². The van der Waals surface area contributed by atoms with Gasteiger partial charge >= 0.3 is 0 Å². The van der Waals surface area contributed by atoms with E-state index in [-0.39, 0.29) is 5.69 Å². The molecule has 0 unspecified atom stereocenters. The fourth-order valence-electron chi connectivity index (χ4n) is 2.35. The second kappa shape index (κ2) is 8.29. The number of thiocarbonyl (C=S) groups is 1. The van der Waals surface area contributed by atoms with Gasteiger partial charge in [0.05, 0.1) is 4.92 Å². The SMILES string of the molecule is CN(C(=S)Nc1ccc(Oc2ccccc2)cc1)c1ccc([N+](=O)[O-])cc1. The van der Waals surface area contributed by atoms with E-state index < -0.39 is 4.92 Å². The predicted octanol–water partition coefficient (Wildman–Crippen LogP) is 5.22. The molecule has 0 aliphatic heterocycles. The average molecular weight is 379 g/mol. The first-order valence-electron chi connectivity index (χ1n) is 8.15. The number of ether oxygens (including phenoxy) is 1. The molecule has 0 amide bonds. The van der Waals surface area contributed by atoms with Crippen LogP contribution in [0.2, 0.25) is 0 Å². The molecule has 0 saturated carbocycles. The topological polar surface area (TPSA) is 67.6 Å². The molecule has 7 heteroatoms. The summed E-state index contributed by atoms with van der Waals surface area (Å²) in [5.41, 5.74) is 1.61. The van der Waals surface area contributed by atoms with Gasteiger partial charge in [-0.05, 0) is 60.7 Å². The Morgan fingerprint density at radius 2 is 1.56 bits per heavy atom. The number of non-ortho nitro benzene ring substituents is 1. The number of rotatable bonds is 5. The first kappa shape index (κ1) is 18.3. The summed E-state index contributed by atoms with van der Waals surface area (Å²) < 4.78 is 5.76. The van der Waals surface area contributed by atoms with Gasteiger partial charge < -0.3 is 15.0 Å². The van der Waals surface area contributed by atoms with Crippen LogP contribution in [0.5, 0.6) is 11.5 Å². The van der Waals surface area contributed by atoms with Crippen molar-refractivity contribution in [3.8, 4) is 11.5 Å². The standard InChI is InChI=1S/C20H17N3O3S/c1-22(16-9-11-17(12-10-16)23(24)25)20(27)21-15-7-13-19(14-8-15)26-18-5-3-2-4-6-18/h2-14H,1H3,(H,21,27). The molecule has 0 bridgehead atoms. The second-order valence-corrected chi connectivity index (χ2v) is 6.09. The molecular formula is C20H17N3O3S. The third-order valence-electron chi connectivity index (χ3n) is 3.84. The number of nitro groups is 1. The molecule has 27 heavy (non-hydrogen) atoms. The summed E-state index contributed by atoms with van der Waals surface area (Å²) in [4.78, 5) is 12.1. The second-order valence-electron chi connectivity index (χ2n) is 5.70. The van der Waals surface area contributed by atoms with Crippen LogP contribution in [0.25, 0.3) is 0 Å². The Hall–Kier alpha value is -3.45. The van der Waals surface area contributed by atoms with Crippen LogP contribution in [0.4, 0.5) is 17.1 Å². The number of nitrogens with zero attached hydrogens (tertiary/aromatic N) is 2. The van der Waals surface area contributed by atoms with Crippen LogP contribution >= 0.6 is 12.2 Å². The molecule has 3 rings (SSSR count). The first-order valence-corrected chi connectivity index (χ1v) is 8.56. The number of para-hydroxylation sites is 1. The summed E-state index contributed by atoms with van der Waals surface area (Å²) in [5.74, 6) is 1.49. The summed E-state index contributed by atoms with van der Waals surface area (Å²) in [7, 11) is 1.80. The van der Waals surface area contributed by atoms with Crippen molar-refractivity contribution in [3.63, 3.8) is 0 Å². The lowest BCUT2D eigenvalue weighted by Crippen LogP contribution is -2.30. The molecule has 0 atom stereocenters. The molecular weight excluding hydrogens is 362 g/mol. The molecule has 0 heterocycles. The van der Waals surface area contributed by atoms with Crippen LogP contribution in [0, 0.1) is 10.1 Å². The zero-order valence-electron chi connectivity index (χ0n) is 14.5. The van der Waals surface area contributed by atoms with Crippen molar-refractivity contribution in [1.29, 1.82) is 0 Å². The molecule has 0 radical (unpaired) electrons. The largest absolute Gasteiger partial charge is 0.457 e. The van der Waals surface area contributed by atoms with E-state index in [1.165, 1.54) is 12.1 Å². The van der Waals surface area contributed by atoms with Crippen molar-refractivity contribution in [2.24, 2.45) is 0 Å². The fourth-order valence-corrected chi connectivity index (χ4v) is 2.58. The van der Waals surface area contributed by atoms with Gasteiger partial charge in [-0.1, -0.05) is 18.2 Å². The highest BCUT2D eigenvalue weighted by molar-refractivity contribution is 7.80. The van der Waals surface area contributed by atoms with E-state index in [1.807, 2.05) is 54.6 Å². The molecule has 6 nitrogen and oxygen atoms in total. The quantitative estimate of drug-likeness (QED) is 0.372. The van der Waals surface area contributed by atoms with Gasteiger partial charge in [0.1, 0.15) is 11.5 Å². The maximum Gasteiger partial charge on any atom is 0.269 e. The first-order chi connectivity index (χ1) is 13.0. The number of nitro benzene ring substituents is 1. The van der Waals surface area contributed by atoms with Crippen LogP contribution in [0.1, 0.15) is 0 Å². The molecule has 3 aromatic carbocycles. The number of hydrogen-bond donors (Lipinski definition) is 1. The van der Waals surface area contributed by atoms with Crippen molar-refractivity contribution in [2.75, 3.05) is 17.3 Å². The monoisotopic (exact) mass is 379 g/mol. The summed E-state index contributed by atoms with van der Waals surface area (Å²) in [6.45, 7) is 0. The van der Waals surface area contributed by atoms with Crippen LogP contribution < -0.4 is 15.0 Å². The van der Waals surface area contributed by atoms with Gasteiger partial charge in [-0.25, -0.2) is 0 Å². The van der Waals surface area contributed by atoms with Crippen LogP contribution in [0.3, 0.4) is 0 Å². The van der Waals surface area contributed by atoms with Gasteiger partial charge in [0.15, 0.2) is 5.11 Å². The highest BCUT2D eigenvalue weighted by Gasteiger charge is 2.10. The fraction of sp³-hybridized carbons (Fsp3) is 0.0500. The molecule has 3 aromatic rings. The van der Waals surface area contributed by atoms with Crippen LogP contribution in [-0.2, 0) is 0 Å². The minimum absolute atomic E-state index is 0.0417. The Kier molecular flexibility index (Phi) is 5.63. The van der Waals surface area contributed by atoms with Gasteiger partial charge in [-0.3, -0.25) is 10.1 Å². The van der Waals surface area contributed by atoms with Gasteiger partial charge in [0.25, 0.3) is 5.69 Å². The number of anilines is 2. The van der Waals surface area contributed by atoms with Gasteiger partial charge in [0, 0.05) is 30.6 Å². The Morgan fingerprint density at radius 1 is 0.963 bits per heavy atom. The molecule has 1 N–H and O–H groups in total. The van der Waals surface area contributed by atoms with E-state index >= 15 is 0 Å². The van der Waals surface area contributed by atoms with E-state index in [2.05, 4.69) is 5.32 Å². The molecule has 0 aliphatic rings. The molecule has 0 saturated heterocycles. The van der Waals surface area contributed by atoms with Gasteiger partial charge in [-0.15, -0.1) is 0 Å². The highest BCUT2D eigenvalue weighted by Crippen LogP contribution is 2.23. The molecule has 136 valence electrons. The molecule has 0 spiro atoms. The Labute approximate surface area is 162 Å². The molecule has 0 aliphatic carbocycles. The van der Waals surface area contributed by atoms with Gasteiger partial charge in [0.2, 0.25) is 0 Å². The minimum Gasteiger partial charge on any atom is -0.457 e. The zero-order chi connectivity index (χ0) is 19.2. The van der Waals surface area contributed by atoms with E-state index in [0.717, 1.165) is 22.9 Å². The highest BCUT2D eigenvalue weighted by atomic mass is 32.1. The maximum atomic E-state index is 10.7. The normalized spacial score (nSPS) is 10.1. The van der Waals surface area contributed by atoms with Gasteiger partial charge in [-0.2, -0.15) is 0 Å². The van der Waals surface area contributed by atoms with Crippen molar-refractivity contribution < 1.29 is 9.66 Å². The molecule has 0 aromatic heterocycles. The Bertz CT molecular complexity index is 929. The lowest BCUT2D eigenvalue weighted by atomic mass is 10.2. The van der Waals surface area contributed by atoms with E-state index in [9.17, 15) is 10.1 Å². The number of nitrogens with one attached hydrogen (secondary N) is 1. The zero-order valence-corrected chi connectivity index (χ0v) is 15.3. The number of benzene rings is 3. The summed E-state index contributed by atoms with van der Waals surface area (Å²) in [5, 5.41) is 14.4. The Balaban J connectivity index is 1.62. The lowest BCUT2D eigenvalue weighted by Gasteiger charge is -2.21. The van der Waals surface area contributed by atoms with E-state index in [0.29, 0.717) is 5.11 Å². The predicted molar refractivity (Wildman–Crippen MR) is 111 cm³/mol. The van der Waals surface area contributed by atoms with E-state index in [4.69, 9.17) is 17.0 Å². The summed E-state index contributed by atoms with van der Waals surface area (Å²) in [6.07, 6.45) is 0. The maximum absolute atomic E-state index is 10.7. The lowest BCUT2D eigenvalue weighted by molar-refractivity contribution is -0.384. The van der Waals surface area contributed by atoms with Crippen LogP contribution in [-0.4, -0.2) is 17.1 Å². The Morgan fingerprint density at radius 3 is 2.15 bits per heavy atom. The number of hydrogen-bond acceptors (Lipinski definition) is 4. The molecule has 0 fully saturated rings. The van der Waals surface area contributed by atoms with Crippen molar-refractivity contribution in [2.45, 2.75) is 0 Å². The van der Waals surface area contributed by atoms with E-state index in [1.54, 1.807) is 24.1 Å². The summed E-state index contributed by atoms with van der Waals surface area (Å²) in [6, 6.07) is 23.2. The minimum atomic E-state index is -0.431. The third-order valence-corrected chi connectivity index (χ3v) is 4.21. The van der Waals surface area contributed by atoms with Crippen molar-refractivity contribution in [1.82, 2.24) is 0 Å². The third kappa shape index (κ3) is 4.80. The smallest absolute Gasteiger partial charge is 0.269 e. The van der Waals surface area contributed by atoms with Crippen molar-refractivity contribution in [3.05, 3.63) is 89.0 Å². The summed E-state index contributed by atoms with van der Waals surface area (Å²) >= 11 is 5.41.